The molecule has 1 aromatic rings. The normalized spacial score (nSPS) is 30.8. The number of carboxylic acids is 1. The summed E-state index contributed by atoms with van der Waals surface area (Å²) in [6.45, 7) is 5.34. The molecule has 4 rings (SSSR count). The van der Waals surface area contributed by atoms with Gasteiger partial charge in [0.05, 0.1) is 25.4 Å². The van der Waals surface area contributed by atoms with Gasteiger partial charge in [-0.25, -0.2) is 4.79 Å². The van der Waals surface area contributed by atoms with Gasteiger partial charge in [-0.15, -0.1) is 0 Å². The second-order valence-corrected chi connectivity index (χ2v) is 9.97. The molecule has 0 amide bonds. The highest BCUT2D eigenvalue weighted by Crippen LogP contribution is 2.35. The molecule has 0 bridgehead atoms. The van der Waals surface area contributed by atoms with Crippen molar-refractivity contribution in [3.8, 4) is 5.75 Å². The predicted octanol–water partition coefficient (Wildman–Crippen LogP) is 4.52. The number of carboxylic acid groups (broad SMARTS) is 1. The summed E-state index contributed by atoms with van der Waals surface area (Å²) in [6.07, 6.45) is 10.3. The van der Waals surface area contributed by atoms with Gasteiger partial charge in [0.15, 0.2) is 0 Å². The zero-order valence-electron chi connectivity index (χ0n) is 19.4. The molecular weight excluding hydrogens is 406 g/mol. The molecule has 2 saturated carbocycles. The van der Waals surface area contributed by atoms with Crippen molar-refractivity contribution in [2.75, 3.05) is 26.3 Å². The number of benzene rings is 1. The maximum atomic E-state index is 12.0. The largest absolute Gasteiger partial charge is 0.478 e. The lowest BCUT2D eigenvalue weighted by Crippen LogP contribution is -2.53. The van der Waals surface area contributed by atoms with Gasteiger partial charge in [-0.1, -0.05) is 31.0 Å². The highest BCUT2D eigenvalue weighted by molar-refractivity contribution is 5.77. The third kappa shape index (κ3) is 6.03. The van der Waals surface area contributed by atoms with Crippen LogP contribution >= 0.6 is 0 Å². The Balaban J connectivity index is 1.19. The Labute approximate surface area is 192 Å². The van der Waals surface area contributed by atoms with Crippen molar-refractivity contribution in [3.63, 3.8) is 0 Å². The van der Waals surface area contributed by atoms with Gasteiger partial charge in [-0.05, 0) is 63.5 Å². The molecule has 3 unspecified atom stereocenters. The quantitative estimate of drug-likeness (QED) is 0.603. The van der Waals surface area contributed by atoms with Gasteiger partial charge in [-0.3, -0.25) is 4.90 Å². The molecule has 1 aliphatic heterocycles. The number of nitrogens with zero attached hydrogens (tertiary/aromatic N) is 1. The van der Waals surface area contributed by atoms with E-state index in [1.807, 2.05) is 30.3 Å². The van der Waals surface area contributed by atoms with Crippen LogP contribution < -0.4 is 4.74 Å². The number of carbonyl (C=O) groups is 1. The zero-order chi connectivity index (χ0) is 22.4. The lowest BCUT2D eigenvalue weighted by molar-refractivity contribution is -0.155. The van der Waals surface area contributed by atoms with E-state index in [1.54, 1.807) is 6.92 Å². The van der Waals surface area contributed by atoms with E-state index < -0.39 is 11.6 Å². The van der Waals surface area contributed by atoms with Crippen molar-refractivity contribution in [1.29, 1.82) is 0 Å². The van der Waals surface area contributed by atoms with E-state index in [-0.39, 0.29) is 0 Å². The fourth-order valence-corrected chi connectivity index (χ4v) is 5.77. The van der Waals surface area contributed by atoms with Gasteiger partial charge in [0.2, 0.25) is 5.60 Å². The van der Waals surface area contributed by atoms with Crippen LogP contribution in [0.2, 0.25) is 0 Å². The smallest absolute Gasteiger partial charge is 0.347 e. The third-order valence-electron chi connectivity index (χ3n) is 7.59. The third-order valence-corrected chi connectivity index (χ3v) is 7.59. The number of hydrogen-bond acceptors (Lipinski definition) is 5. The fourth-order valence-electron chi connectivity index (χ4n) is 5.77. The summed E-state index contributed by atoms with van der Waals surface area (Å²) in [5.41, 5.74) is -1.20. The second-order valence-electron chi connectivity index (χ2n) is 9.97. The maximum absolute atomic E-state index is 12.0. The summed E-state index contributed by atoms with van der Waals surface area (Å²) in [7, 11) is 0. The van der Waals surface area contributed by atoms with E-state index in [2.05, 4.69) is 4.90 Å². The van der Waals surface area contributed by atoms with Crippen LogP contribution in [0.4, 0.5) is 0 Å². The molecule has 6 heteroatoms. The van der Waals surface area contributed by atoms with Gasteiger partial charge in [0.25, 0.3) is 0 Å². The van der Waals surface area contributed by atoms with Crippen LogP contribution in [0.1, 0.15) is 64.7 Å². The molecule has 178 valence electrons. The fraction of sp³-hybridized carbons (Fsp3) is 0.731. The molecule has 32 heavy (non-hydrogen) atoms. The van der Waals surface area contributed by atoms with Crippen molar-refractivity contribution in [1.82, 2.24) is 4.90 Å². The minimum Gasteiger partial charge on any atom is -0.478 e. The number of morpholine rings is 1. The molecule has 3 fully saturated rings. The van der Waals surface area contributed by atoms with Crippen molar-refractivity contribution < 1.29 is 24.1 Å². The molecule has 0 spiro atoms. The first kappa shape index (κ1) is 23.5. The van der Waals surface area contributed by atoms with Crippen LogP contribution in [0.3, 0.4) is 0 Å². The van der Waals surface area contributed by atoms with Crippen LogP contribution in [0.25, 0.3) is 0 Å². The van der Waals surface area contributed by atoms with Crippen LogP contribution in [-0.2, 0) is 14.3 Å². The van der Waals surface area contributed by atoms with Crippen molar-refractivity contribution in [2.24, 2.45) is 5.92 Å². The topological polar surface area (TPSA) is 68.2 Å². The van der Waals surface area contributed by atoms with E-state index in [0.29, 0.717) is 36.3 Å². The van der Waals surface area contributed by atoms with E-state index in [4.69, 9.17) is 14.2 Å². The zero-order valence-corrected chi connectivity index (χ0v) is 19.4. The lowest BCUT2D eigenvalue weighted by atomic mass is 9.80. The average Bonchev–Trinajstić information content (AvgIpc) is 2.81. The van der Waals surface area contributed by atoms with E-state index in [1.165, 1.54) is 25.7 Å². The number of rotatable bonds is 9. The highest BCUT2D eigenvalue weighted by atomic mass is 16.5. The summed E-state index contributed by atoms with van der Waals surface area (Å²) < 4.78 is 18.2. The SMILES string of the molecule is CC(CC1CCC(OCCN2CCOC3CCCCC32)CC1)(Oc1ccccc1)C(=O)O. The van der Waals surface area contributed by atoms with Gasteiger partial charge >= 0.3 is 5.97 Å². The lowest BCUT2D eigenvalue weighted by Gasteiger charge is -2.44. The Bertz CT molecular complexity index is 718. The number of fused-ring (bicyclic) bond motifs is 1. The standard InChI is InChI=1S/C26H39NO5/c1-26(25(28)29,32-22-7-3-2-4-8-22)19-20-11-13-21(14-12-20)30-17-15-27-16-18-31-24-10-6-5-9-23(24)27/h2-4,7-8,20-21,23-24H,5-6,9-19H2,1H3,(H,28,29). The number of hydrogen-bond donors (Lipinski definition) is 1. The Morgan fingerprint density at radius 3 is 2.62 bits per heavy atom. The summed E-state index contributed by atoms with van der Waals surface area (Å²) in [4.78, 5) is 14.6. The summed E-state index contributed by atoms with van der Waals surface area (Å²) >= 11 is 0. The molecule has 3 aliphatic rings. The molecule has 1 aromatic carbocycles. The van der Waals surface area contributed by atoms with Crippen molar-refractivity contribution in [2.45, 2.75) is 88.6 Å². The monoisotopic (exact) mass is 445 g/mol. The van der Waals surface area contributed by atoms with Gasteiger partial charge in [0, 0.05) is 25.6 Å². The first-order valence-electron chi connectivity index (χ1n) is 12.5. The Morgan fingerprint density at radius 1 is 1.12 bits per heavy atom. The van der Waals surface area contributed by atoms with Crippen LogP contribution in [0.5, 0.6) is 5.75 Å². The van der Waals surface area contributed by atoms with Crippen LogP contribution in [0.15, 0.2) is 30.3 Å². The van der Waals surface area contributed by atoms with Gasteiger partial charge in [-0.2, -0.15) is 0 Å². The molecule has 1 saturated heterocycles. The first-order valence-corrected chi connectivity index (χ1v) is 12.5. The van der Waals surface area contributed by atoms with Gasteiger partial charge in [0.1, 0.15) is 5.75 Å². The van der Waals surface area contributed by atoms with Crippen molar-refractivity contribution >= 4 is 5.97 Å². The van der Waals surface area contributed by atoms with E-state index >= 15 is 0 Å². The molecule has 0 aromatic heterocycles. The molecule has 6 nitrogen and oxygen atoms in total. The summed E-state index contributed by atoms with van der Waals surface area (Å²) in [5, 5.41) is 9.84. The number of para-hydroxylation sites is 1. The number of ether oxygens (including phenoxy) is 3. The van der Waals surface area contributed by atoms with E-state index in [0.717, 1.165) is 52.0 Å². The average molecular weight is 446 g/mol. The molecule has 0 radical (unpaired) electrons. The predicted molar refractivity (Wildman–Crippen MR) is 123 cm³/mol. The molecule has 1 N–H and O–H groups in total. The van der Waals surface area contributed by atoms with Crippen molar-refractivity contribution in [3.05, 3.63) is 30.3 Å². The van der Waals surface area contributed by atoms with Gasteiger partial charge < -0.3 is 19.3 Å². The number of aliphatic carboxylic acids is 1. The molecule has 2 aliphatic carbocycles. The molecular formula is C26H39NO5. The minimum atomic E-state index is -1.20. The van der Waals surface area contributed by atoms with Crippen LogP contribution in [-0.4, -0.2) is 66.1 Å². The Hall–Kier alpha value is -1.63. The molecule has 3 atom stereocenters. The maximum Gasteiger partial charge on any atom is 0.347 e. The summed E-state index contributed by atoms with van der Waals surface area (Å²) in [6, 6.07) is 9.84. The van der Waals surface area contributed by atoms with E-state index in [9.17, 15) is 9.90 Å². The van der Waals surface area contributed by atoms with Crippen LogP contribution in [0, 0.1) is 5.92 Å². The highest BCUT2D eigenvalue weighted by Gasteiger charge is 2.39. The Kier molecular flexibility index (Phi) is 8.08. The minimum absolute atomic E-state index is 0.292. The second kappa shape index (κ2) is 11.0. The summed E-state index contributed by atoms with van der Waals surface area (Å²) in [5.74, 6) is 0.0610. The molecule has 1 heterocycles. The first-order chi connectivity index (χ1) is 15.5. The Morgan fingerprint density at radius 2 is 1.88 bits per heavy atom.